The molecule has 23 heavy (non-hydrogen) atoms. The number of rotatable bonds is 7. The van der Waals surface area contributed by atoms with Gasteiger partial charge in [-0.3, -0.25) is 5.04 Å². The number of esters is 1. The normalized spacial score (nSPS) is 11.1. The van der Waals surface area contributed by atoms with Gasteiger partial charge < -0.3 is 9.99 Å². The van der Waals surface area contributed by atoms with Gasteiger partial charge in [-0.2, -0.15) is 13.1 Å². The first-order chi connectivity index (χ1) is 10.5. The quantitative estimate of drug-likeness (QED) is 0.218. The Morgan fingerprint density at radius 2 is 1.87 bits per heavy atom. The second-order valence-electron chi connectivity index (χ2n) is 4.26. The molecule has 118 valence electrons. The van der Waals surface area contributed by atoms with Gasteiger partial charge in [-0.1, -0.05) is 42.5 Å². The Morgan fingerprint density at radius 3 is 2.61 bits per heavy atom. The molecule has 0 saturated heterocycles. The molecule has 2 rings (SSSR count). The standard InChI is InChI=1S/C14H12F2O5S.Na/c15-14(16,22-21-20-18)13(17)19-9-8-11-6-3-5-10-4-1-2-7-12(10)11;/h1-7,18H,8-9H2;/q;+1/p-1. The summed E-state index contributed by atoms with van der Waals surface area (Å²) in [6, 6.07) is 13.2. The number of hydrogen-bond acceptors (Lipinski definition) is 6. The summed E-state index contributed by atoms with van der Waals surface area (Å²) in [5.41, 5.74) is 0.876. The van der Waals surface area contributed by atoms with E-state index < -0.39 is 23.3 Å². The maximum absolute atomic E-state index is 13.1. The fraction of sp³-hybridized carbons (Fsp3) is 0.214. The molecule has 0 N–H and O–H groups in total. The average molecular weight is 352 g/mol. The molecule has 0 amide bonds. The second kappa shape index (κ2) is 9.53. The van der Waals surface area contributed by atoms with Gasteiger partial charge in [-0.05, 0) is 16.3 Å². The monoisotopic (exact) mass is 352 g/mol. The molecule has 0 atom stereocenters. The summed E-state index contributed by atoms with van der Waals surface area (Å²) >= 11 is -0.707. The van der Waals surface area contributed by atoms with Gasteiger partial charge in [0.25, 0.3) is 0 Å². The SMILES string of the molecule is O=C(OCCc1cccc2ccccc12)C(F)(F)SOO[O-].[Na+]. The second-order valence-corrected chi connectivity index (χ2v) is 5.08. The van der Waals surface area contributed by atoms with Gasteiger partial charge >= 0.3 is 40.8 Å². The molecule has 0 aliphatic heterocycles. The van der Waals surface area contributed by atoms with Gasteiger partial charge in [-0.15, -0.1) is 0 Å². The molecule has 2 aromatic rings. The summed E-state index contributed by atoms with van der Waals surface area (Å²) in [5.74, 6) is -1.80. The topological polar surface area (TPSA) is 67.8 Å². The molecule has 0 aliphatic rings. The van der Waals surface area contributed by atoms with Crippen molar-refractivity contribution in [3.63, 3.8) is 0 Å². The average Bonchev–Trinajstić information content (AvgIpc) is 2.53. The maximum atomic E-state index is 13.1. The van der Waals surface area contributed by atoms with E-state index in [4.69, 9.17) is 0 Å². The molecule has 0 saturated carbocycles. The molecular weight excluding hydrogens is 341 g/mol. The summed E-state index contributed by atoms with van der Waals surface area (Å²) in [5, 5.41) is 10.2. The minimum Gasteiger partial charge on any atom is -0.691 e. The Labute approximate surface area is 157 Å². The van der Waals surface area contributed by atoms with Crippen LogP contribution in [-0.2, 0) is 25.3 Å². The fourth-order valence-electron chi connectivity index (χ4n) is 1.94. The number of hydrogen-bond donors (Lipinski definition) is 0. The van der Waals surface area contributed by atoms with Crippen LogP contribution in [0.15, 0.2) is 42.5 Å². The predicted molar refractivity (Wildman–Crippen MR) is 73.3 cm³/mol. The van der Waals surface area contributed by atoms with Gasteiger partial charge in [0.1, 0.15) is 12.0 Å². The summed E-state index contributed by atoms with van der Waals surface area (Å²) in [7, 11) is 0. The van der Waals surface area contributed by atoms with Crippen molar-refractivity contribution in [1.82, 2.24) is 0 Å². The van der Waals surface area contributed by atoms with Gasteiger partial charge in [-0.25, -0.2) is 4.79 Å². The van der Waals surface area contributed by atoms with Crippen molar-refractivity contribution in [2.75, 3.05) is 6.61 Å². The Morgan fingerprint density at radius 1 is 1.17 bits per heavy atom. The zero-order valence-corrected chi connectivity index (χ0v) is 15.0. The largest absolute Gasteiger partial charge is 1.00 e. The molecular formula is C14H11F2NaO5S. The van der Waals surface area contributed by atoms with Crippen molar-refractivity contribution in [2.24, 2.45) is 0 Å². The van der Waals surface area contributed by atoms with Crippen LogP contribution in [0.5, 0.6) is 0 Å². The van der Waals surface area contributed by atoms with Crippen LogP contribution >= 0.6 is 12.0 Å². The smallest absolute Gasteiger partial charge is 0.691 e. The molecule has 0 unspecified atom stereocenters. The summed E-state index contributed by atoms with van der Waals surface area (Å²) in [4.78, 5) is 11.2. The summed E-state index contributed by atoms with van der Waals surface area (Å²) in [6.07, 6.45) is 0.284. The van der Waals surface area contributed by atoms with Crippen LogP contribution in [0.4, 0.5) is 8.78 Å². The maximum Gasteiger partial charge on any atom is 1.00 e. The molecule has 0 aromatic heterocycles. The van der Waals surface area contributed by atoms with E-state index in [9.17, 15) is 18.8 Å². The van der Waals surface area contributed by atoms with Crippen molar-refractivity contribution in [3.05, 3.63) is 48.0 Å². The fourth-order valence-corrected chi connectivity index (χ4v) is 2.18. The van der Waals surface area contributed by atoms with E-state index in [1.54, 1.807) is 0 Å². The Bertz CT molecular complexity index is 651. The molecule has 0 spiro atoms. The Hall–Kier alpha value is -0.740. The number of fused-ring (bicyclic) bond motifs is 1. The number of carbonyl (C=O) groups is 1. The zero-order chi connectivity index (χ0) is 16.0. The van der Waals surface area contributed by atoms with E-state index in [0.717, 1.165) is 16.3 Å². The third-order valence-electron chi connectivity index (χ3n) is 2.89. The first kappa shape index (κ1) is 20.3. The van der Waals surface area contributed by atoms with Crippen molar-refractivity contribution in [2.45, 2.75) is 11.7 Å². The number of carbonyl (C=O) groups excluding carboxylic acids is 1. The van der Waals surface area contributed by atoms with Gasteiger partial charge in [0, 0.05) is 6.42 Å². The summed E-state index contributed by atoms with van der Waals surface area (Å²) < 4.78 is 34.2. The molecule has 2 aromatic carbocycles. The third-order valence-corrected chi connectivity index (χ3v) is 3.39. The van der Waals surface area contributed by atoms with Crippen LogP contribution in [0.3, 0.4) is 0 Å². The molecule has 0 radical (unpaired) electrons. The molecule has 0 aliphatic carbocycles. The van der Waals surface area contributed by atoms with Gasteiger partial charge in [0.05, 0.1) is 6.61 Å². The summed E-state index contributed by atoms with van der Waals surface area (Å²) in [6.45, 7) is -0.221. The van der Waals surface area contributed by atoms with E-state index in [0.29, 0.717) is 0 Å². The number of halogens is 2. The van der Waals surface area contributed by atoms with Crippen LogP contribution in [-0.4, -0.2) is 17.8 Å². The van der Waals surface area contributed by atoms with Crippen LogP contribution in [0.1, 0.15) is 5.56 Å². The molecule has 0 bridgehead atoms. The number of benzene rings is 2. The van der Waals surface area contributed by atoms with Gasteiger partial charge in [0.2, 0.25) is 0 Å². The Kier molecular flexibility index (Phi) is 8.41. The van der Waals surface area contributed by atoms with E-state index in [1.807, 2.05) is 42.5 Å². The predicted octanol–water partition coefficient (Wildman–Crippen LogP) is -0.606. The molecule has 9 heteroatoms. The van der Waals surface area contributed by atoms with Crippen LogP contribution in [0.25, 0.3) is 10.8 Å². The zero-order valence-electron chi connectivity index (χ0n) is 12.2. The van der Waals surface area contributed by atoms with Crippen LogP contribution < -0.4 is 34.8 Å². The van der Waals surface area contributed by atoms with Crippen molar-refractivity contribution in [3.8, 4) is 0 Å². The van der Waals surface area contributed by atoms with Crippen molar-refractivity contribution < 1.29 is 62.5 Å². The molecule has 0 heterocycles. The molecule has 0 fully saturated rings. The van der Waals surface area contributed by atoms with E-state index in [-0.39, 0.29) is 42.6 Å². The van der Waals surface area contributed by atoms with E-state index in [1.165, 1.54) is 0 Å². The first-order valence-corrected chi connectivity index (χ1v) is 6.95. The van der Waals surface area contributed by atoms with E-state index in [2.05, 4.69) is 14.1 Å². The minimum absolute atomic E-state index is 0. The van der Waals surface area contributed by atoms with Crippen molar-refractivity contribution >= 4 is 28.8 Å². The number of ether oxygens (including phenoxy) is 1. The van der Waals surface area contributed by atoms with Crippen LogP contribution in [0.2, 0.25) is 0 Å². The third kappa shape index (κ3) is 5.68. The van der Waals surface area contributed by atoms with E-state index >= 15 is 0 Å². The minimum atomic E-state index is -4.01. The number of alkyl halides is 2. The van der Waals surface area contributed by atoms with Crippen molar-refractivity contribution in [1.29, 1.82) is 0 Å². The molecule has 5 nitrogen and oxygen atoms in total. The Balaban J connectivity index is 0.00000264. The first-order valence-electron chi connectivity index (χ1n) is 6.20. The van der Waals surface area contributed by atoms with Gasteiger partial charge in [0.15, 0.2) is 0 Å². The van der Waals surface area contributed by atoms with Crippen LogP contribution in [0, 0.1) is 0 Å².